The quantitative estimate of drug-likeness (QED) is 0.706. The van der Waals surface area contributed by atoms with Gasteiger partial charge in [0.25, 0.3) is 0 Å². The van der Waals surface area contributed by atoms with Gasteiger partial charge in [0.1, 0.15) is 0 Å². The van der Waals surface area contributed by atoms with Gasteiger partial charge in [-0.25, -0.2) is 0 Å². The molecule has 2 N–H and O–H groups in total. The van der Waals surface area contributed by atoms with Gasteiger partial charge in [0.05, 0.1) is 18.1 Å². The van der Waals surface area contributed by atoms with E-state index in [1.165, 1.54) is 5.56 Å². The van der Waals surface area contributed by atoms with Gasteiger partial charge in [-0.3, -0.25) is 0 Å². The Morgan fingerprint density at radius 3 is 2.37 bits per heavy atom. The van der Waals surface area contributed by atoms with Crippen LogP contribution < -0.4 is 5.32 Å². The van der Waals surface area contributed by atoms with Crippen LogP contribution in [-0.4, -0.2) is 11.7 Å². The van der Waals surface area contributed by atoms with Crippen LogP contribution in [0.15, 0.2) is 24.3 Å². The molecular weight excluding hydrogens is 236 g/mol. The molecule has 0 unspecified atom stereocenters. The summed E-state index contributed by atoms with van der Waals surface area (Å²) >= 11 is 0. The van der Waals surface area contributed by atoms with Gasteiger partial charge in [-0.05, 0) is 44.4 Å². The Bertz CT molecular complexity index is 404. The second-order valence-electron chi connectivity index (χ2n) is 5.60. The Morgan fingerprint density at radius 2 is 1.79 bits per heavy atom. The van der Waals surface area contributed by atoms with Gasteiger partial charge in [0.2, 0.25) is 0 Å². The van der Waals surface area contributed by atoms with Gasteiger partial charge in [0.15, 0.2) is 0 Å². The first-order valence-electron chi connectivity index (χ1n) is 6.88. The number of hydrogen-bond donors (Lipinski definition) is 2. The van der Waals surface area contributed by atoms with E-state index in [-0.39, 0.29) is 12.0 Å². The molecule has 0 aliphatic heterocycles. The number of nitrogens with one attached hydrogen (secondary N) is 1. The highest BCUT2D eigenvalue weighted by Crippen LogP contribution is 2.21. The van der Waals surface area contributed by atoms with E-state index in [4.69, 9.17) is 10.4 Å². The number of unbranched alkanes of at least 4 members (excludes halogenated alkanes) is 1. The third-order valence-electron chi connectivity index (χ3n) is 3.24. The summed E-state index contributed by atoms with van der Waals surface area (Å²) in [6.45, 7) is 5.91. The van der Waals surface area contributed by atoms with Crippen LogP contribution >= 0.6 is 0 Å². The molecule has 0 radical (unpaired) electrons. The zero-order valence-electron chi connectivity index (χ0n) is 11.9. The number of nitrogens with zero attached hydrogens (tertiary/aromatic N) is 1. The normalized spacial score (nSPS) is 11.3. The highest BCUT2D eigenvalue weighted by atomic mass is 16.3. The monoisotopic (exact) mass is 260 g/mol. The van der Waals surface area contributed by atoms with Crippen molar-refractivity contribution in [2.45, 2.75) is 46.3 Å². The predicted octanol–water partition coefficient (Wildman–Crippen LogP) is 2.99. The fourth-order valence-electron chi connectivity index (χ4n) is 1.87. The molecule has 3 heteroatoms. The average molecular weight is 260 g/mol. The fraction of sp³-hybridized carbons (Fsp3) is 0.562. The van der Waals surface area contributed by atoms with Crippen molar-refractivity contribution in [1.82, 2.24) is 5.32 Å². The van der Waals surface area contributed by atoms with Crippen LogP contribution in [0.3, 0.4) is 0 Å². The molecule has 0 aromatic heterocycles. The Kier molecular flexibility index (Phi) is 6.55. The molecule has 0 aliphatic rings. The second kappa shape index (κ2) is 7.93. The third kappa shape index (κ3) is 6.37. The predicted molar refractivity (Wildman–Crippen MR) is 77.3 cm³/mol. The lowest BCUT2D eigenvalue weighted by Gasteiger charge is -2.14. The van der Waals surface area contributed by atoms with Crippen LogP contribution in [0.1, 0.15) is 44.2 Å². The number of rotatable bonds is 8. The molecule has 1 aromatic rings. The maximum absolute atomic E-state index is 8.95. The molecule has 0 saturated carbocycles. The smallest absolute Gasteiger partial charge is 0.0683 e. The molecular formula is C16H24N2O. The second-order valence-corrected chi connectivity index (χ2v) is 5.60. The molecule has 104 valence electrons. The van der Waals surface area contributed by atoms with Crippen LogP contribution in [0.25, 0.3) is 0 Å². The Labute approximate surface area is 116 Å². The maximum atomic E-state index is 8.95. The molecule has 0 atom stereocenters. The van der Waals surface area contributed by atoms with Gasteiger partial charge in [-0.2, -0.15) is 5.26 Å². The van der Waals surface area contributed by atoms with Crippen molar-refractivity contribution in [1.29, 1.82) is 5.26 Å². The zero-order valence-corrected chi connectivity index (χ0v) is 11.9. The van der Waals surface area contributed by atoms with Crippen LogP contribution in [0.2, 0.25) is 0 Å². The van der Waals surface area contributed by atoms with Crippen molar-refractivity contribution in [3.05, 3.63) is 35.4 Å². The summed E-state index contributed by atoms with van der Waals surface area (Å²) in [6.07, 6.45) is 3.13. The first-order chi connectivity index (χ1) is 9.07. The molecule has 0 amide bonds. The number of aliphatic hydroxyl groups excluding tert-OH is 1. The van der Waals surface area contributed by atoms with Gasteiger partial charge >= 0.3 is 0 Å². The summed E-state index contributed by atoms with van der Waals surface area (Å²) in [5.74, 6) is 0. The summed E-state index contributed by atoms with van der Waals surface area (Å²) in [5, 5.41) is 21.3. The molecule has 1 aromatic carbocycles. The highest BCUT2D eigenvalue weighted by molar-refractivity contribution is 5.21. The molecule has 19 heavy (non-hydrogen) atoms. The number of aliphatic hydroxyl groups is 1. The van der Waals surface area contributed by atoms with E-state index in [0.717, 1.165) is 37.9 Å². The van der Waals surface area contributed by atoms with Crippen LogP contribution in [0.4, 0.5) is 0 Å². The molecule has 0 saturated heterocycles. The first-order valence-corrected chi connectivity index (χ1v) is 6.88. The standard InChI is InChI=1S/C16H24N2O/c1-16(2,13-17)9-3-4-10-18-11-14-5-7-15(12-19)8-6-14/h5-8,18-19H,3-4,9-12H2,1-2H3. The molecule has 0 heterocycles. The molecule has 3 nitrogen and oxygen atoms in total. The van der Waals surface area contributed by atoms with Gasteiger partial charge in [-0.15, -0.1) is 0 Å². The summed E-state index contributed by atoms with van der Waals surface area (Å²) in [4.78, 5) is 0. The molecule has 0 bridgehead atoms. The van der Waals surface area contributed by atoms with Gasteiger partial charge in [-0.1, -0.05) is 30.7 Å². The van der Waals surface area contributed by atoms with Crippen LogP contribution in [0.5, 0.6) is 0 Å². The van der Waals surface area contributed by atoms with Crippen molar-refractivity contribution in [2.75, 3.05) is 6.54 Å². The Hall–Kier alpha value is -1.37. The lowest BCUT2D eigenvalue weighted by atomic mass is 9.89. The number of hydrogen-bond acceptors (Lipinski definition) is 3. The lowest BCUT2D eigenvalue weighted by Crippen LogP contribution is -2.15. The van der Waals surface area contributed by atoms with Gasteiger partial charge < -0.3 is 10.4 Å². The largest absolute Gasteiger partial charge is 0.392 e. The van der Waals surface area contributed by atoms with Crippen molar-refractivity contribution in [3.63, 3.8) is 0 Å². The van der Waals surface area contributed by atoms with Crippen molar-refractivity contribution < 1.29 is 5.11 Å². The van der Waals surface area contributed by atoms with E-state index in [1.807, 2.05) is 38.1 Å². The molecule has 0 spiro atoms. The van der Waals surface area contributed by atoms with E-state index in [2.05, 4.69) is 11.4 Å². The fourth-order valence-corrected chi connectivity index (χ4v) is 1.87. The zero-order chi connectivity index (χ0) is 14.1. The summed E-state index contributed by atoms with van der Waals surface area (Å²) in [5.41, 5.74) is 1.98. The highest BCUT2D eigenvalue weighted by Gasteiger charge is 2.15. The number of nitriles is 1. The summed E-state index contributed by atoms with van der Waals surface area (Å²) in [7, 11) is 0. The minimum absolute atomic E-state index is 0.0996. The van der Waals surface area contributed by atoms with E-state index in [1.54, 1.807) is 0 Å². The Balaban J connectivity index is 2.12. The first kappa shape index (κ1) is 15.7. The van der Waals surface area contributed by atoms with Crippen LogP contribution in [0, 0.1) is 16.7 Å². The van der Waals surface area contributed by atoms with Crippen molar-refractivity contribution in [3.8, 4) is 6.07 Å². The summed E-state index contributed by atoms with van der Waals surface area (Å²) < 4.78 is 0. The van der Waals surface area contributed by atoms with Crippen molar-refractivity contribution in [2.24, 2.45) is 5.41 Å². The minimum atomic E-state index is -0.194. The minimum Gasteiger partial charge on any atom is -0.392 e. The number of benzene rings is 1. The van der Waals surface area contributed by atoms with E-state index < -0.39 is 0 Å². The molecule has 1 rings (SSSR count). The topological polar surface area (TPSA) is 56.0 Å². The van der Waals surface area contributed by atoms with Gasteiger partial charge in [0, 0.05) is 6.54 Å². The maximum Gasteiger partial charge on any atom is 0.0683 e. The summed E-state index contributed by atoms with van der Waals surface area (Å²) in [6, 6.07) is 10.3. The molecule has 0 aliphatic carbocycles. The van der Waals surface area contributed by atoms with Crippen LogP contribution in [-0.2, 0) is 13.2 Å². The third-order valence-corrected chi connectivity index (χ3v) is 3.24. The molecule has 0 fully saturated rings. The van der Waals surface area contributed by atoms with Crippen molar-refractivity contribution >= 4 is 0 Å². The van der Waals surface area contributed by atoms with E-state index in [9.17, 15) is 0 Å². The van der Waals surface area contributed by atoms with E-state index >= 15 is 0 Å². The van der Waals surface area contributed by atoms with E-state index in [0.29, 0.717) is 0 Å². The average Bonchev–Trinajstić information content (AvgIpc) is 2.43. The SMILES string of the molecule is CC(C)(C#N)CCCCNCc1ccc(CO)cc1. The Morgan fingerprint density at radius 1 is 1.16 bits per heavy atom. The lowest BCUT2D eigenvalue weighted by molar-refractivity contribution is 0.282.